The number of nitrogens with one attached hydrogen (secondary N) is 1. The molecule has 1 aliphatic rings. The highest BCUT2D eigenvalue weighted by Crippen LogP contribution is 2.28. The third-order valence-electron chi connectivity index (χ3n) is 6.38. The van der Waals surface area contributed by atoms with Crippen molar-refractivity contribution in [1.82, 2.24) is 10.2 Å². The van der Waals surface area contributed by atoms with E-state index in [1.54, 1.807) is 43.3 Å². The molecular formula is C28H32ClN3O3S. The summed E-state index contributed by atoms with van der Waals surface area (Å²) < 4.78 is 28.2. The number of hydrogen-bond acceptors (Lipinski definition) is 4. The van der Waals surface area contributed by atoms with Crippen LogP contribution in [0, 0.1) is 6.92 Å². The Morgan fingerprint density at radius 3 is 2.39 bits per heavy atom. The van der Waals surface area contributed by atoms with Gasteiger partial charge in [-0.05, 0) is 79.9 Å². The number of carbonyl (C=O) groups excluding carboxylic acids is 1. The Balaban J connectivity index is 1.48. The van der Waals surface area contributed by atoms with Gasteiger partial charge in [-0.2, -0.15) is 0 Å². The maximum atomic E-state index is 13.5. The molecule has 190 valence electrons. The van der Waals surface area contributed by atoms with Gasteiger partial charge in [-0.3, -0.25) is 14.0 Å². The zero-order valence-electron chi connectivity index (χ0n) is 20.5. The lowest BCUT2D eigenvalue weighted by atomic mass is 10.1. The first-order valence-corrected chi connectivity index (χ1v) is 14.1. The summed E-state index contributed by atoms with van der Waals surface area (Å²) in [7, 11) is -3.97. The number of amides is 1. The second-order valence-electron chi connectivity index (χ2n) is 9.19. The van der Waals surface area contributed by atoms with Crippen LogP contribution in [0.3, 0.4) is 0 Å². The molecule has 36 heavy (non-hydrogen) atoms. The van der Waals surface area contributed by atoms with Gasteiger partial charge in [0, 0.05) is 18.1 Å². The fourth-order valence-electron chi connectivity index (χ4n) is 4.52. The van der Waals surface area contributed by atoms with Crippen molar-refractivity contribution in [3.05, 3.63) is 94.5 Å². The number of aryl methyl sites for hydroxylation is 1. The van der Waals surface area contributed by atoms with Crippen molar-refractivity contribution in [2.24, 2.45) is 0 Å². The molecule has 0 aliphatic carbocycles. The van der Waals surface area contributed by atoms with Gasteiger partial charge in [0.15, 0.2) is 0 Å². The normalized spacial score (nSPS) is 14.4. The van der Waals surface area contributed by atoms with E-state index in [1.807, 2.05) is 12.1 Å². The van der Waals surface area contributed by atoms with Gasteiger partial charge >= 0.3 is 0 Å². The summed E-state index contributed by atoms with van der Waals surface area (Å²) in [6.45, 7) is 4.91. The molecule has 0 saturated carbocycles. The van der Waals surface area contributed by atoms with Crippen molar-refractivity contribution in [2.75, 3.05) is 23.9 Å². The molecule has 0 spiro atoms. The van der Waals surface area contributed by atoms with Crippen molar-refractivity contribution in [1.29, 1.82) is 0 Å². The fraction of sp³-hybridized carbons (Fsp3) is 0.321. The van der Waals surface area contributed by atoms with E-state index in [2.05, 4.69) is 22.3 Å². The third kappa shape index (κ3) is 6.66. The Bertz CT molecular complexity index is 1290. The summed E-state index contributed by atoms with van der Waals surface area (Å²) >= 11 is 6.10. The van der Waals surface area contributed by atoms with Crippen LogP contribution >= 0.6 is 11.6 Å². The minimum Gasteiger partial charge on any atom is -0.350 e. The maximum absolute atomic E-state index is 13.5. The Kier molecular flexibility index (Phi) is 8.67. The Labute approximate surface area is 218 Å². The van der Waals surface area contributed by atoms with Crippen LogP contribution in [0.1, 0.15) is 36.0 Å². The van der Waals surface area contributed by atoms with E-state index in [9.17, 15) is 13.2 Å². The third-order valence-corrected chi connectivity index (χ3v) is 8.39. The number of nitrogens with zero attached hydrogens (tertiary/aromatic N) is 2. The number of likely N-dealkylation sites (tertiary alicyclic amines) is 1. The number of sulfonamides is 1. The van der Waals surface area contributed by atoms with E-state index in [1.165, 1.54) is 37.0 Å². The second-order valence-corrected chi connectivity index (χ2v) is 11.5. The van der Waals surface area contributed by atoms with E-state index >= 15 is 0 Å². The average Bonchev–Trinajstić information content (AvgIpc) is 2.88. The molecule has 1 fully saturated rings. The topological polar surface area (TPSA) is 69.7 Å². The molecule has 8 heteroatoms. The number of hydrogen-bond donors (Lipinski definition) is 1. The molecule has 0 aromatic heterocycles. The molecule has 6 nitrogen and oxygen atoms in total. The van der Waals surface area contributed by atoms with Crippen molar-refractivity contribution in [3.63, 3.8) is 0 Å². The molecular weight excluding hydrogens is 494 g/mol. The van der Waals surface area contributed by atoms with Gasteiger partial charge in [0.25, 0.3) is 10.0 Å². The average molecular weight is 526 g/mol. The number of benzene rings is 3. The number of rotatable bonds is 9. The number of anilines is 1. The first kappa shape index (κ1) is 26.2. The monoisotopic (exact) mass is 525 g/mol. The summed E-state index contributed by atoms with van der Waals surface area (Å²) in [5.74, 6) is -0.384. The van der Waals surface area contributed by atoms with Crippen molar-refractivity contribution < 1.29 is 13.2 Å². The molecule has 3 aromatic carbocycles. The predicted octanol–water partition coefficient (Wildman–Crippen LogP) is 5.15. The molecule has 1 aliphatic heterocycles. The predicted molar refractivity (Wildman–Crippen MR) is 145 cm³/mol. The number of halogens is 1. The van der Waals surface area contributed by atoms with Crippen LogP contribution in [0.25, 0.3) is 0 Å². The Morgan fingerprint density at radius 2 is 1.67 bits per heavy atom. The SMILES string of the molecule is Cc1cc(Cl)ccc1N(CC(=O)NCc1cccc(CN2CCCCC2)c1)S(=O)(=O)c1ccccc1. The summed E-state index contributed by atoms with van der Waals surface area (Å²) in [6, 6.07) is 21.3. The van der Waals surface area contributed by atoms with Gasteiger partial charge in [0.05, 0.1) is 10.6 Å². The molecule has 0 atom stereocenters. The van der Waals surface area contributed by atoms with Gasteiger partial charge in [0.2, 0.25) is 5.91 Å². The molecule has 1 heterocycles. The highest BCUT2D eigenvalue weighted by molar-refractivity contribution is 7.92. The van der Waals surface area contributed by atoms with E-state index in [-0.39, 0.29) is 17.3 Å². The van der Waals surface area contributed by atoms with Gasteiger partial charge in [-0.1, -0.05) is 60.5 Å². The van der Waals surface area contributed by atoms with Crippen LogP contribution in [0.4, 0.5) is 5.69 Å². The maximum Gasteiger partial charge on any atom is 0.264 e. The van der Waals surface area contributed by atoms with Crippen LogP contribution in [0.5, 0.6) is 0 Å². The van der Waals surface area contributed by atoms with Gasteiger partial charge in [-0.15, -0.1) is 0 Å². The molecule has 0 bridgehead atoms. The minimum atomic E-state index is -3.97. The lowest BCUT2D eigenvalue weighted by molar-refractivity contribution is -0.119. The summed E-state index contributed by atoms with van der Waals surface area (Å²) in [4.78, 5) is 15.6. The summed E-state index contributed by atoms with van der Waals surface area (Å²) in [6.07, 6.45) is 3.78. The molecule has 1 saturated heterocycles. The van der Waals surface area contributed by atoms with Gasteiger partial charge in [-0.25, -0.2) is 8.42 Å². The Morgan fingerprint density at radius 1 is 0.944 bits per heavy atom. The lowest BCUT2D eigenvalue weighted by Gasteiger charge is -2.26. The van der Waals surface area contributed by atoms with E-state index in [0.29, 0.717) is 22.8 Å². The molecule has 0 radical (unpaired) electrons. The standard InChI is InChI=1S/C28H32ClN3O3S/c1-22-17-25(29)13-14-27(22)32(36(34,35)26-11-4-2-5-12-26)21-28(33)30-19-23-9-8-10-24(18-23)20-31-15-6-3-7-16-31/h2,4-5,8-14,17-18H,3,6-7,15-16,19-21H2,1H3,(H,30,33). The van der Waals surface area contributed by atoms with Crippen molar-refractivity contribution >= 4 is 33.2 Å². The molecule has 3 aromatic rings. The molecule has 1 amide bonds. The van der Waals surface area contributed by atoms with Crippen LogP contribution in [0.2, 0.25) is 5.02 Å². The number of carbonyl (C=O) groups is 1. The van der Waals surface area contributed by atoms with E-state index < -0.39 is 10.0 Å². The molecule has 4 rings (SSSR count). The summed E-state index contributed by atoms with van der Waals surface area (Å²) in [5, 5.41) is 3.40. The van der Waals surface area contributed by atoms with Gasteiger partial charge < -0.3 is 5.32 Å². The minimum absolute atomic E-state index is 0.123. The van der Waals surface area contributed by atoms with Crippen LogP contribution in [-0.4, -0.2) is 38.9 Å². The van der Waals surface area contributed by atoms with Gasteiger partial charge in [0.1, 0.15) is 6.54 Å². The first-order chi connectivity index (χ1) is 17.3. The second kappa shape index (κ2) is 11.9. The number of piperidine rings is 1. The van der Waals surface area contributed by atoms with Crippen molar-refractivity contribution in [3.8, 4) is 0 Å². The first-order valence-electron chi connectivity index (χ1n) is 12.2. The quantitative estimate of drug-likeness (QED) is 0.419. The van der Waals surface area contributed by atoms with E-state index in [0.717, 1.165) is 29.5 Å². The Hall–Kier alpha value is -2.87. The highest BCUT2D eigenvalue weighted by Gasteiger charge is 2.28. The largest absolute Gasteiger partial charge is 0.350 e. The zero-order valence-corrected chi connectivity index (χ0v) is 22.1. The highest BCUT2D eigenvalue weighted by atomic mass is 35.5. The molecule has 0 unspecified atom stereocenters. The molecule has 1 N–H and O–H groups in total. The van der Waals surface area contributed by atoms with Crippen LogP contribution < -0.4 is 9.62 Å². The van der Waals surface area contributed by atoms with Crippen LogP contribution in [0.15, 0.2) is 77.7 Å². The van der Waals surface area contributed by atoms with Crippen LogP contribution in [-0.2, 0) is 27.9 Å². The fourth-order valence-corrected chi connectivity index (χ4v) is 6.25. The summed E-state index contributed by atoms with van der Waals surface area (Å²) in [5.41, 5.74) is 3.29. The van der Waals surface area contributed by atoms with Crippen molar-refractivity contribution in [2.45, 2.75) is 44.2 Å². The smallest absolute Gasteiger partial charge is 0.264 e. The zero-order chi connectivity index (χ0) is 25.5. The van der Waals surface area contributed by atoms with E-state index in [4.69, 9.17) is 11.6 Å². The lowest BCUT2D eigenvalue weighted by Crippen LogP contribution is -2.41.